The molecule has 0 spiro atoms. The van der Waals surface area contributed by atoms with E-state index < -0.39 is 5.91 Å². The molecule has 0 aliphatic heterocycles. The lowest BCUT2D eigenvalue weighted by molar-refractivity contribution is 0.100. The van der Waals surface area contributed by atoms with E-state index in [1.165, 1.54) is 25.8 Å². The number of hydrogen-bond donors (Lipinski definition) is 2. The number of nitrogens with one attached hydrogen (secondary N) is 1. The lowest BCUT2D eigenvalue weighted by atomic mass is 9.84. The molecule has 1 aromatic heterocycles. The van der Waals surface area contributed by atoms with Crippen molar-refractivity contribution < 1.29 is 4.79 Å². The summed E-state index contributed by atoms with van der Waals surface area (Å²) in [5.74, 6) is 1.03. The second-order valence-corrected chi connectivity index (χ2v) is 6.83. The average Bonchev–Trinajstić information content (AvgIpc) is 3.03. The van der Waals surface area contributed by atoms with E-state index >= 15 is 0 Å². The van der Waals surface area contributed by atoms with Crippen LogP contribution >= 0.6 is 0 Å². The third-order valence-electron chi connectivity index (χ3n) is 5.26. The largest absolute Gasteiger partial charge is 0.366 e. The summed E-state index contributed by atoms with van der Waals surface area (Å²) in [5, 5.41) is 0. The summed E-state index contributed by atoms with van der Waals surface area (Å²) in [4.78, 5) is 22.4. The fourth-order valence-electron chi connectivity index (χ4n) is 4.07. The van der Waals surface area contributed by atoms with E-state index in [0.29, 0.717) is 23.0 Å². The van der Waals surface area contributed by atoms with Gasteiger partial charge in [-0.15, -0.1) is 0 Å². The van der Waals surface area contributed by atoms with Crippen molar-refractivity contribution in [2.45, 2.75) is 57.9 Å². The number of rotatable bonds is 6. The number of primary amides is 1. The van der Waals surface area contributed by atoms with Gasteiger partial charge < -0.3 is 15.6 Å². The van der Waals surface area contributed by atoms with E-state index in [1.54, 1.807) is 6.07 Å². The Morgan fingerprint density at radius 2 is 2.21 bits per heavy atom. The molecule has 24 heavy (non-hydrogen) atoms. The molecule has 1 saturated carbocycles. The third-order valence-corrected chi connectivity index (χ3v) is 5.26. The zero-order valence-corrected chi connectivity index (χ0v) is 14.7. The fraction of sp³-hybridized carbons (Fsp3) is 0.579. The van der Waals surface area contributed by atoms with E-state index in [2.05, 4.69) is 23.7 Å². The predicted molar refractivity (Wildman–Crippen MR) is 97.1 cm³/mol. The van der Waals surface area contributed by atoms with Crippen LogP contribution in [0.3, 0.4) is 0 Å². The normalized spacial score (nSPS) is 21.5. The monoisotopic (exact) mass is 328 g/mol. The average molecular weight is 328 g/mol. The number of para-hydroxylation sites is 1. The number of aromatic amines is 1. The highest BCUT2D eigenvalue weighted by Crippen LogP contribution is 2.35. The van der Waals surface area contributed by atoms with Gasteiger partial charge in [-0.3, -0.25) is 4.79 Å². The van der Waals surface area contributed by atoms with Crippen molar-refractivity contribution in [3.05, 3.63) is 29.6 Å². The molecule has 1 aromatic carbocycles. The molecule has 5 heteroatoms. The topological polar surface area (TPSA) is 75.0 Å². The van der Waals surface area contributed by atoms with Crippen LogP contribution in [0.25, 0.3) is 11.0 Å². The predicted octanol–water partition coefficient (Wildman–Crippen LogP) is 3.42. The molecule has 2 atom stereocenters. The third kappa shape index (κ3) is 3.31. The van der Waals surface area contributed by atoms with Crippen molar-refractivity contribution in [2.75, 3.05) is 13.1 Å². The Labute approximate surface area is 143 Å². The van der Waals surface area contributed by atoms with Gasteiger partial charge in [0.1, 0.15) is 11.3 Å². The van der Waals surface area contributed by atoms with Gasteiger partial charge in [0.05, 0.1) is 11.1 Å². The molecule has 2 unspecified atom stereocenters. The van der Waals surface area contributed by atoms with Gasteiger partial charge in [-0.2, -0.15) is 0 Å². The fourth-order valence-corrected chi connectivity index (χ4v) is 4.07. The van der Waals surface area contributed by atoms with Crippen LogP contribution in [-0.2, 0) is 0 Å². The smallest absolute Gasteiger partial charge is 0.250 e. The Bertz CT molecular complexity index is 708. The first-order chi connectivity index (χ1) is 11.6. The molecule has 1 amide bonds. The molecule has 5 nitrogen and oxygen atoms in total. The Hall–Kier alpha value is -1.88. The Morgan fingerprint density at radius 1 is 1.38 bits per heavy atom. The summed E-state index contributed by atoms with van der Waals surface area (Å²) in [7, 11) is 0. The Morgan fingerprint density at radius 3 is 2.92 bits per heavy atom. The number of aromatic nitrogens is 2. The molecular formula is C19H28N4O. The first kappa shape index (κ1) is 17.0. The van der Waals surface area contributed by atoms with Gasteiger partial charge in [0.25, 0.3) is 5.91 Å². The van der Waals surface area contributed by atoms with E-state index in [1.807, 2.05) is 12.1 Å². The van der Waals surface area contributed by atoms with Gasteiger partial charge in [0, 0.05) is 12.0 Å². The Balaban J connectivity index is 1.84. The minimum atomic E-state index is -0.416. The summed E-state index contributed by atoms with van der Waals surface area (Å²) in [5.41, 5.74) is 7.60. The summed E-state index contributed by atoms with van der Waals surface area (Å²) in [6.45, 7) is 6.77. The summed E-state index contributed by atoms with van der Waals surface area (Å²) < 4.78 is 0. The molecular weight excluding hydrogens is 300 g/mol. The van der Waals surface area contributed by atoms with Crippen LogP contribution in [0.15, 0.2) is 18.2 Å². The summed E-state index contributed by atoms with van der Waals surface area (Å²) in [6.07, 6.45) is 6.00. The Kier molecular flexibility index (Phi) is 5.19. The number of nitrogens with two attached hydrogens (primary N) is 1. The van der Waals surface area contributed by atoms with E-state index in [0.717, 1.165) is 30.7 Å². The number of fused-ring (bicyclic) bond motifs is 1. The highest BCUT2D eigenvalue weighted by molar-refractivity contribution is 6.04. The van der Waals surface area contributed by atoms with Gasteiger partial charge in [0.2, 0.25) is 0 Å². The minimum Gasteiger partial charge on any atom is -0.366 e. The van der Waals surface area contributed by atoms with E-state index in [-0.39, 0.29) is 0 Å². The number of nitrogens with zero attached hydrogens (tertiary/aromatic N) is 2. The number of imidazole rings is 1. The number of hydrogen-bond acceptors (Lipinski definition) is 3. The van der Waals surface area contributed by atoms with E-state index in [4.69, 9.17) is 10.7 Å². The number of carbonyl (C=O) groups is 1. The van der Waals surface area contributed by atoms with Gasteiger partial charge in [-0.25, -0.2) is 4.98 Å². The number of amides is 1. The van der Waals surface area contributed by atoms with Crippen LogP contribution in [0.5, 0.6) is 0 Å². The number of benzene rings is 1. The van der Waals surface area contributed by atoms with Crippen molar-refractivity contribution >= 4 is 16.9 Å². The van der Waals surface area contributed by atoms with E-state index in [9.17, 15) is 4.79 Å². The van der Waals surface area contributed by atoms with Crippen LogP contribution in [-0.4, -0.2) is 39.9 Å². The number of H-pyrrole nitrogens is 1. The zero-order chi connectivity index (χ0) is 17.1. The van der Waals surface area contributed by atoms with Crippen LogP contribution in [0.2, 0.25) is 0 Å². The van der Waals surface area contributed by atoms with Gasteiger partial charge in [-0.05, 0) is 50.9 Å². The maximum atomic E-state index is 11.6. The zero-order valence-electron chi connectivity index (χ0n) is 14.7. The lowest BCUT2D eigenvalue weighted by Crippen LogP contribution is -2.39. The van der Waals surface area contributed by atoms with Crippen LogP contribution in [0, 0.1) is 0 Å². The first-order valence-corrected chi connectivity index (χ1v) is 9.16. The maximum Gasteiger partial charge on any atom is 0.250 e. The molecule has 0 bridgehead atoms. The molecule has 1 aliphatic rings. The van der Waals surface area contributed by atoms with Crippen molar-refractivity contribution in [3.8, 4) is 0 Å². The van der Waals surface area contributed by atoms with Crippen molar-refractivity contribution in [1.82, 2.24) is 14.9 Å². The summed E-state index contributed by atoms with van der Waals surface area (Å²) in [6, 6.07) is 6.21. The molecule has 1 fully saturated rings. The van der Waals surface area contributed by atoms with Gasteiger partial charge in [-0.1, -0.05) is 26.3 Å². The second-order valence-electron chi connectivity index (χ2n) is 6.83. The van der Waals surface area contributed by atoms with Crippen LogP contribution < -0.4 is 5.73 Å². The molecule has 0 radical (unpaired) electrons. The van der Waals surface area contributed by atoms with Gasteiger partial charge in [0.15, 0.2) is 0 Å². The minimum absolute atomic E-state index is 0.416. The van der Waals surface area contributed by atoms with Crippen molar-refractivity contribution in [1.29, 1.82) is 0 Å². The highest BCUT2D eigenvalue weighted by atomic mass is 16.1. The highest BCUT2D eigenvalue weighted by Gasteiger charge is 2.28. The lowest BCUT2D eigenvalue weighted by Gasteiger charge is -2.36. The van der Waals surface area contributed by atoms with Crippen molar-refractivity contribution in [2.24, 2.45) is 5.73 Å². The van der Waals surface area contributed by atoms with Crippen molar-refractivity contribution in [3.63, 3.8) is 0 Å². The summed E-state index contributed by atoms with van der Waals surface area (Å²) >= 11 is 0. The number of carbonyl (C=O) groups excluding carboxylic acids is 1. The van der Waals surface area contributed by atoms with Gasteiger partial charge >= 0.3 is 0 Å². The molecule has 130 valence electrons. The van der Waals surface area contributed by atoms with Crippen LogP contribution in [0.1, 0.15) is 68.1 Å². The quantitative estimate of drug-likeness (QED) is 0.853. The second kappa shape index (κ2) is 7.34. The molecule has 1 aliphatic carbocycles. The molecule has 2 aromatic rings. The molecule has 3 N–H and O–H groups in total. The molecule has 0 saturated heterocycles. The molecule has 1 heterocycles. The van der Waals surface area contributed by atoms with Crippen LogP contribution in [0.4, 0.5) is 0 Å². The molecule has 3 rings (SSSR count). The maximum absolute atomic E-state index is 11.6. The SMILES string of the molecule is CCCN(CC)C1CCCC(c2nc3c(C(N)=O)cccc3[nH]2)C1. The standard InChI is InChI=1S/C19H28N4O/c1-3-11-23(4-2)14-8-5-7-13(12-14)19-21-16-10-6-9-15(18(20)24)17(16)22-19/h6,9-10,13-14H,3-5,7-8,11-12H2,1-2H3,(H2,20,24)(H,21,22). The first-order valence-electron chi connectivity index (χ1n) is 9.16.